The van der Waals surface area contributed by atoms with E-state index >= 15 is 0 Å². The van der Waals surface area contributed by atoms with Crippen molar-refractivity contribution >= 4 is 12.4 Å². The van der Waals surface area contributed by atoms with Crippen LogP contribution in [-0.4, -0.2) is 6.36 Å². The molecule has 0 aromatic heterocycles. The van der Waals surface area contributed by atoms with Crippen LogP contribution in [0.1, 0.15) is 24.9 Å². The molecule has 2 nitrogen and oxygen atoms in total. The van der Waals surface area contributed by atoms with Gasteiger partial charge in [0.2, 0.25) is 0 Å². The number of hydrogen-bond donors (Lipinski definition) is 1. The monoisotopic (exact) mass is 255 g/mol. The number of nitrogens with two attached hydrogens (primary N) is 1. The quantitative estimate of drug-likeness (QED) is 0.898. The van der Waals surface area contributed by atoms with Gasteiger partial charge in [-0.1, -0.05) is 25.1 Å². The number of hydrogen-bond acceptors (Lipinski definition) is 2. The van der Waals surface area contributed by atoms with E-state index in [4.69, 9.17) is 5.73 Å². The first kappa shape index (κ1) is 15.1. The number of benzene rings is 1. The van der Waals surface area contributed by atoms with Crippen LogP contribution < -0.4 is 10.5 Å². The largest absolute Gasteiger partial charge is 0.573 e. The summed E-state index contributed by atoms with van der Waals surface area (Å²) in [6.07, 6.45) is -4.12. The fourth-order valence-corrected chi connectivity index (χ4v) is 1.22. The van der Waals surface area contributed by atoms with Crippen molar-refractivity contribution in [3.63, 3.8) is 0 Å². The van der Waals surface area contributed by atoms with Gasteiger partial charge in [-0.25, -0.2) is 0 Å². The Morgan fingerprint density at radius 1 is 1.31 bits per heavy atom. The second kappa shape index (κ2) is 5.96. The van der Waals surface area contributed by atoms with Crippen molar-refractivity contribution in [2.45, 2.75) is 25.7 Å². The molecule has 0 aliphatic carbocycles. The van der Waals surface area contributed by atoms with Crippen molar-refractivity contribution in [2.75, 3.05) is 0 Å². The van der Waals surface area contributed by atoms with Crippen LogP contribution >= 0.6 is 12.4 Å². The normalized spacial score (nSPS) is 12.8. The molecular weight excluding hydrogens is 243 g/mol. The van der Waals surface area contributed by atoms with E-state index < -0.39 is 12.4 Å². The van der Waals surface area contributed by atoms with Crippen LogP contribution in [0.4, 0.5) is 13.2 Å². The zero-order valence-corrected chi connectivity index (χ0v) is 9.44. The lowest BCUT2D eigenvalue weighted by molar-refractivity contribution is -0.275. The molecule has 92 valence electrons. The van der Waals surface area contributed by atoms with E-state index in [0.29, 0.717) is 12.0 Å². The lowest BCUT2D eigenvalue weighted by Crippen LogP contribution is -2.20. The molecule has 0 amide bonds. The van der Waals surface area contributed by atoms with E-state index in [1.165, 1.54) is 18.2 Å². The van der Waals surface area contributed by atoms with E-state index in [2.05, 4.69) is 4.74 Å². The topological polar surface area (TPSA) is 35.2 Å². The van der Waals surface area contributed by atoms with E-state index in [0.717, 1.165) is 0 Å². The molecule has 0 heterocycles. The summed E-state index contributed by atoms with van der Waals surface area (Å²) < 4.78 is 40.0. The first-order chi connectivity index (χ1) is 6.94. The van der Waals surface area contributed by atoms with Crippen molar-refractivity contribution in [2.24, 2.45) is 5.73 Å². The van der Waals surface area contributed by atoms with Crippen molar-refractivity contribution in [3.05, 3.63) is 29.8 Å². The number of ether oxygens (including phenoxy) is 1. The maximum atomic E-state index is 12.0. The Hall–Kier alpha value is -0.940. The Morgan fingerprint density at radius 3 is 2.38 bits per heavy atom. The highest BCUT2D eigenvalue weighted by molar-refractivity contribution is 5.85. The fraction of sp³-hybridized carbons (Fsp3) is 0.400. The summed E-state index contributed by atoms with van der Waals surface area (Å²) in [5.74, 6) is -0.223. The van der Waals surface area contributed by atoms with Gasteiger partial charge in [0.05, 0.1) is 0 Å². The predicted octanol–water partition coefficient (Wildman–Crippen LogP) is 3.42. The summed E-state index contributed by atoms with van der Waals surface area (Å²) in [4.78, 5) is 0. The van der Waals surface area contributed by atoms with Crippen molar-refractivity contribution in [3.8, 4) is 5.75 Å². The molecular formula is C10H13ClF3NO. The molecule has 0 saturated heterocycles. The van der Waals surface area contributed by atoms with E-state index in [1.807, 2.05) is 0 Å². The Morgan fingerprint density at radius 2 is 1.88 bits per heavy atom. The molecule has 1 rings (SSSR count). The first-order valence-corrected chi connectivity index (χ1v) is 4.54. The number of halogens is 4. The molecule has 0 aliphatic rings. The molecule has 16 heavy (non-hydrogen) atoms. The molecule has 1 aromatic carbocycles. The van der Waals surface area contributed by atoms with Crippen LogP contribution in [0.5, 0.6) is 5.75 Å². The minimum Gasteiger partial charge on any atom is -0.405 e. The Bertz CT molecular complexity index is 330. The minimum absolute atomic E-state index is 0. The van der Waals surface area contributed by atoms with Crippen molar-refractivity contribution < 1.29 is 17.9 Å². The van der Waals surface area contributed by atoms with E-state index in [-0.39, 0.29) is 18.2 Å². The molecule has 2 N–H and O–H groups in total. The summed E-state index contributed by atoms with van der Waals surface area (Å²) in [5.41, 5.74) is 6.04. The average Bonchev–Trinajstić information content (AvgIpc) is 2.15. The predicted molar refractivity (Wildman–Crippen MR) is 57.6 cm³/mol. The summed E-state index contributed by atoms with van der Waals surface area (Å²) in [6, 6.07) is 5.47. The molecule has 1 atom stereocenters. The smallest absolute Gasteiger partial charge is 0.405 e. The Kier molecular flexibility index (Phi) is 5.61. The molecule has 0 unspecified atom stereocenters. The third-order valence-electron chi connectivity index (χ3n) is 1.98. The van der Waals surface area contributed by atoms with Gasteiger partial charge in [-0.15, -0.1) is 25.6 Å². The van der Waals surface area contributed by atoms with Gasteiger partial charge in [-0.3, -0.25) is 0 Å². The maximum Gasteiger partial charge on any atom is 0.573 e. The first-order valence-electron chi connectivity index (χ1n) is 4.54. The van der Waals surface area contributed by atoms with Crippen LogP contribution in [0, 0.1) is 0 Å². The number of para-hydroxylation sites is 1. The highest BCUT2D eigenvalue weighted by atomic mass is 35.5. The molecule has 1 aromatic rings. The van der Waals surface area contributed by atoms with Gasteiger partial charge in [0, 0.05) is 11.6 Å². The second-order valence-electron chi connectivity index (χ2n) is 3.10. The van der Waals surface area contributed by atoms with E-state index in [9.17, 15) is 13.2 Å². The van der Waals surface area contributed by atoms with Gasteiger partial charge >= 0.3 is 6.36 Å². The SMILES string of the molecule is CC[C@H](N)c1ccccc1OC(F)(F)F.Cl. The van der Waals surface area contributed by atoms with Crippen LogP contribution in [0.3, 0.4) is 0 Å². The zero-order chi connectivity index (χ0) is 11.5. The summed E-state index contributed by atoms with van der Waals surface area (Å²) in [5, 5.41) is 0. The van der Waals surface area contributed by atoms with Gasteiger partial charge in [0.15, 0.2) is 0 Å². The third-order valence-corrected chi connectivity index (χ3v) is 1.98. The van der Waals surface area contributed by atoms with Crippen LogP contribution in [0.25, 0.3) is 0 Å². The second-order valence-corrected chi connectivity index (χ2v) is 3.10. The van der Waals surface area contributed by atoms with Gasteiger partial charge < -0.3 is 10.5 Å². The molecule has 0 fully saturated rings. The molecule has 0 bridgehead atoms. The molecule has 0 aliphatic heterocycles. The lowest BCUT2D eigenvalue weighted by Gasteiger charge is -2.16. The summed E-state index contributed by atoms with van der Waals surface area (Å²) in [7, 11) is 0. The Balaban J connectivity index is 0.00000225. The standard InChI is InChI=1S/C10H12F3NO.ClH/c1-2-8(14)7-5-3-4-6-9(7)15-10(11,12)13;/h3-6,8H,2,14H2,1H3;1H/t8-;/m0./s1. The highest BCUT2D eigenvalue weighted by Gasteiger charge is 2.32. The molecule has 0 saturated carbocycles. The fourth-order valence-electron chi connectivity index (χ4n) is 1.22. The van der Waals surface area contributed by atoms with Gasteiger partial charge in [0.25, 0.3) is 0 Å². The average molecular weight is 256 g/mol. The number of alkyl halides is 3. The minimum atomic E-state index is -4.68. The third kappa shape index (κ3) is 4.28. The lowest BCUT2D eigenvalue weighted by atomic mass is 10.0. The highest BCUT2D eigenvalue weighted by Crippen LogP contribution is 2.30. The molecule has 0 radical (unpaired) electrons. The van der Waals surface area contributed by atoms with E-state index in [1.54, 1.807) is 13.0 Å². The maximum absolute atomic E-state index is 12.0. The number of rotatable bonds is 3. The van der Waals surface area contributed by atoms with Crippen molar-refractivity contribution in [1.29, 1.82) is 0 Å². The van der Waals surface area contributed by atoms with Crippen LogP contribution in [-0.2, 0) is 0 Å². The summed E-state index contributed by atoms with van der Waals surface area (Å²) >= 11 is 0. The van der Waals surface area contributed by atoms with Crippen LogP contribution in [0.15, 0.2) is 24.3 Å². The molecule has 6 heteroatoms. The van der Waals surface area contributed by atoms with Gasteiger partial charge in [-0.2, -0.15) is 0 Å². The van der Waals surface area contributed by atoms with Gasteiger partial charge in [-0.05, 0) is 12.5 Å². The zero-order valence-electron chi connectivity index (χ0n) is 8.62. The summed E-state index contributed by atoms with van der Waals surface area (Å²) in [6.45, 7) is 1.80. The molecule has 0 spiro atoms. The Labute approximate surface area is 98.0 Å². The van der Waals surface area contributed by atoms with Crippen LogP contribution in [0.2, 0.25) is 0 Å². The van der Waals surface area contributed by atoms with Gasteiger partial charge in [0.1, 0.15) is 5.75 Å². The van der Waals surface area contributed by atoms with Crippen molar-refractivity contribution in [1.82, 2.24) is 0 Å².